The number of para-hydroxylation sites is 1. The van der Waals surface area contributed by atoms with Crippen LogP contribution in [0, 0.1) is 0 Å². The minimum absolute atomic E-state index is 0.853. The topological polar surface area (TPSA) is 41.0 Å². The second-order valence-electron chi connectivity index (χ2n) is 4.75. The maximum Gasteiger partial charge on any atom is 0.138 e. The molecule has 1 aromatic carbocycles. The fraction of sp³-hybridized carbons (Fsp3) is 0.333. The molecule has 98 valence electrons. The molecule has 1 aromatic heterocycles. The van der Waals surface area contributed by atoms with Gasteiger partial charge in [-0.3, -0.25) is 0 Å². The Kier molecular flexibility index (Phi) is 3.31. The minimum atomic E-state index is 0.853. The van der Waals surface area contributed by atoms with Crippen molar-refractivity contribution in [3.63, 3.8) is 0 Å². The highest BCUT2D eigenvalue weighted by atomic mass is 15.2. The number of aryl methyl sites for hydroxylation is 1. The van der Waals surface area contributed by atoms with Gasteiger partial charge in [-0.2, -0.15) is 0 Å². The summed E-state index contributed by atoms with van der Waals surface area (Å²) >= 11 is 0. The van der Waals surface area contributed by atoms with Gasteiger partial charge in [-0.1, -0.05) is 18.2 Å². The van der Waals surface area contributed by atoms with Gasteiger partial charge in [0.05, 0.1) is 0 Å². The Morgan fingerprint density at radius 3 is 2.95 bits per heavy atom. The highest BCUT2D eigenvalue weighted by molar-refractivity contribution is 5.66. The van der Waals surface area contributed by atoms with Crippen LogP contribution in [-0.2, 0) is 6.42 Å². The molecule has 1 aliphatic rings. The van der Waals surface area contributed by atoms with Crippen molar-refractivity contribution in [1.29, 1.82) is 0 Å². The van der Waals surface area contributed by atoms with E-state index in [-0.39, 0.29) is 0 Å². The standard InChI is InChI=1S/C15H18N4/c1-16-14-10-15(18-11-17-14)19-9-5-4-7-12-6-2-3-8-13(12)19/h2-3,6,8,10-11H,4-5,7,9H2,1H3,(H,16,17,18). The Hall–Kier alpha value is -2.10. The first-order valence-electron chi connectivity index (χ1n) is 6.74. The van der Waals surface area contributed by atoms with Gasteiger partial charge in [0.2, 0.25) is 0 Å². The van der Waals surface area contributed by atoms with E-state index >= 15 is 0 Å². The first kappa shape index (κ1) is 12.0. The van der Waals surface area contributed by atoms with E-state index in [2.05, 4.69) is 44.5 Å². The zero-order chi connectivity index (χ0) is 13.1. The van der Waals surface area contributed by atoms with E-state index in [1.165, 1.54) is 24.1 Å². The van der Waals surface area contributed by atoms with E-state index < -0.39 is 0 Å². The van der Waals surface area contributed by atoms with Crippen LogP contribution < -0.4 is 10.2 Å². The average molecular weight is 254 g/mol. The smallest absolute Gasteiger partial charge is 0.138 e. The maximum atomic E-state index is 4.43. The molecular weight excluding hydrogens is 236 g/mol. The zero-order valence-electron chi connectivity index (χ0n) is 11.1. The first-order valence-corrected chi connectivity index (χ1v) is 6.74. The molecule has 0 bridgehead atoms. The van der Waals surface area contributed by atoms with Crippen LogP contribution in [-0.4, -0.2) is 23.6 Å². The average Bonchev–Trinajstić information content (AvgIpc) is 2.69. The second kappa shape index (κ2) is 5.26. The van der Waals surface area contributed by atoms with Gasteiger partial charge in [0.1, 0.15) is 18.0 Å². The van der Waals surface area contributed by atoms with Gasteiger partial charge in [-0.25, -0.2) is 9.97 Å². The molecule has 3 rings (SSSR count). The van der Waals surface area contributed by atoms with Crippen molar-refractivity contribution in [2.24, 2.45) is 0 Å². The predicted molar refractivity (Wildman–Crippen MR) is 78.0 cm³/mol. The predicted octanol–water partition coefficient (Wildman–Crippen LogP) is 2.99. The van der Waals surface area contributed by atoms with Crippen LogP contribution >= 0.6 is 0 Å². The number of hydrogen-bond acceptors (Lipinski definition) is 4. The van der Waals surface area contributed by atoms with E-state index in [1.54, 1.807) is 6.33 Å². The molecule has 19 heavy (non-hydrogen) atoms. The Balaban J connectivity index is 2.03. The van der Waals surface area contributed by atoms with E-state index in [9.17, 15) is 0 Å². The van der Waals surface area contributed by atoms with Crippen LogP contribution in [0.2, 0.25) is 0 Å². The molecule has 0 saturated carbocycles. The summed E-state index contributed by atoms with van der Waals surface area (Å²) in [6, 6.07) is 10.6. The van der Waals surface area contributed by atoms with Crippen LogP contribution in [0.25, 0.3) is 0 Å². The summed E-state index contributed by atoms with van der Waals surface area (Å²) in [6.45, 7) is 1.01. The van der Waals surface area contributed by atoms with Crippen LogP contribution in [0.3, 0.4) is 0 Å². The van der Waals surface area contributed by atoms with E-state index in [0.29, 0.717) is 0 Å². The fourth-order valence-electron chi connectivity index (χ4n) is 2.56. The number of aromatic nitrogens is 2. The molecule has 0 unspecified atom stereocenters. The molecule has 0 spiro atoms. The van der Waals surface area contributed by atoms with Gasteiger partial charge < -0.3 is 10.2 Å². The normalized spacial score (nSPS) is 14.7. The second-order valence-corrected chi connectivity index (χ2v) is 4.75. The number of benzene rings is 1. The summed E-state index contributed by atoms with van der Waals surface area (Å²) in [7, 11) is 1.88. The number of fused-ring (bicyclic) bond motifs is 1. The summed E-state index contributed by atoms with van der Waals surface area (Å²) in [5.41, 5.74) is 2.69. The Morgan fingerprint density at radius 1 is 1.16 bits per heavy atom. The van der Waals surface area contributed by atoms with Gasteiger partial charge in [0.15, 0.2) is 0 Å². The fourth-order valence-corrected chi connectivity index (χ4v) is 2.56. The van der Waals surface area contributed by atoms with Crippen molar-refractivity contribution >= 4 is 17.3 Å². The molecule has 4 nitrogen and oxygen atoms in total. The lowest BCUT2D eigenvalue weighted by molar-refractivity contribution is 0.757. The highest BCUT2D eigenvalue weighted by Gasteiger charge is 2.17. The van der Waals surface area contributed by atoms with Crippen LogP contribution in [0.5, 0.6) is 0 Å². The Morgan fingerprint density at radius 2 is 2.05 bits per heavy atom. The third-order valence-corrected chi connectivity index (χ3v) is 3.55. The molecule has 0 atom stereocenters. The number of hydrogen-bond donors (Lipinski definition) is 1. The third-order valence-electron chi connectivity index (χ3n) is 3.55. The molecule has 0 aliphatic carbocycles. The van der Waals surface area contributed by atoms with Gasteiger partial charge in [-0.05, 0) is 30.9 Å². The molecule has 0 amide bonds. The lowest BCUT2D eigenvalue weighted by Gasteiger charge is -2.24. The van der Waals surface area contributed by atoms with Crippen LogP contribution in [0.15, 0.2) is 36.7 Å². The monoisotopic (exact) mass is 254 g/mol. The van der Waals surface area contributed by atoms with E-state index in [4.69, 9.17) is 0 Å². The van der Waals surface area contributed by atoms with Crippen molar-refractivity contribution in [3.8, 4) is 0 Å². The van der Waals surface area contributed by atoms with Crippen molar-refractivity contribution in [2.45, 2.75) is 19.3 Å². The van der Waals surface area contributed by atoms with Crippen molar-refractivity contribution in [3.05, 3.63) is 42.2 Å². The van der Waals surface area contributed by atoms with Gasteiger partial charge in [0, 0.05) is 25.3 Å². The number of nitrogens with zero attached hydrogens (tertiary/aromatic N) is 3. The van der Waals surface area contributed by atoms with Crippen molar-refractivity contribution in [1.82, 2.24) is 9.97 Å². The van der Waals surface area contributed by atoms with E-state index in [1.807, 2.05) is 13.1 Å². The zero-order valence-corrected chi connectivity index (χ0v) is 11.1. The summed E-state index contributed by atoms with van der Waals surface area (Å²) in [6.07, 6.45) is 5.19. The summed E-state index contributed by atoms with van der Waals surface area (Å²) in [5, 5.41) is 3.07. The largest absolute Gasteiger partial charge is 0.373 e. The van der Waals surface area contributed by atoms with Gasteiger partial charge in [-0.15, -0.1) is 0 Å². The number of anilines is 3. The van der Waals surface area contributed by atoms with Gasteiger partial charge >= 0.3 is 0 Å². The molecule has 1 aliphatic heterocycles. The maximum absolute atomic E-state index is 4.43. The Bertz CT molecular complexity index is 568. The molecule has 0 fully saturated rings. The molecular formula is C15H18N4. The molecule has 0 radical (unpaired) electrons. The van der Waals surface area contributed by atoms with Crippen LogP contribution in [0.1, 0.15) is 18.4 Å². The lowest BCUT2D eigenvalue weighted by atomic mass is 10.1. The molecule has 0 saturated heterocycles. The number of rotatable bonds is 2. The molecule has 4 heteroatoms. The minimum Gasteiger partial charge on any atom is -0.373 e. The van der Waals surface area contributed by atoms with Crippen molar-refractivity contribution in [2.75, 3.05) is 23.8 Å². The van der Waals surface area contributed by atoms with Crippen LogP contribution in [0.4, 0.5) is 17.3 Å². The SMILES string of the molecule is CNc1cc(N2CCCCc3ccccc32)ncn1. The van der Waals surface area contributed by atoms with Gasteiger partial charge in [0.25, 0.3) is 0 Å². The summed E-state index contributed by atoms with van der Waals surface area (Å²) in [5.74, 6) is 1.82. The highest BCUT2D eigenvalue weighted by Crippen LogP contribution is 2.31. The number of nitrogens with one attached hydrogen (secondary N) is 1. The summed E-state index contributed by atoms with van der Waals surface area (Å²) < 4.78 is 0. The van der Waals surface area contributed by atoms with E-state index in [0.717, 1.165) is 24.6 Å². The Labute approximate surface area is 113 Å². The molecule has 1 N–H and O–H groups in total. The molecule has 2 heterocycles. The first-order chi connectivity index (χ1) is 9.38. The summed E-state index contributed by atoms with van der Waals surface area (Å²) in [4.78, 5) is 10.9. The quantitative estimate of drug-likeness (QED) is 0.894. The lowest BCUT2D eigenvalue weighted by Crippen LogP contribution is -2.19. The third kappa shape index (κ3) is 2.38. The molecule has 2 aromatic rings. The van der Waals surface area contributed by atoms with Crippen molar-refractivity contribution < 1.29 is 0 Å².